The molecule has 0 radical (unpaired) electrons. The fourth-order valence-corrected chi connectivity index (χ4v) is 2.36. The van der Waals surface area contributed by atoms with E-state index in [1.807, 2.05) is 19.9 Å². The van der Waals surface area contributed by atoms with Crippen molar-refractivity contribution in [3.63, 3.8) is 0 Å². The number of carbonyl (C=O) groups excluding carboxylic acids is 2. The van der Waals surface area contributed by atoms with Crippen LogP contribution in [0.3, 0.4) is 0 Å². The van der Waals surface area contributed by atoms with Gasteiger partial charge < -0.3 is 10.1 Å². The lowest BCUT2D eigenvalue weighted by Crippen LogP contribution is -2.22. The first-order chi connectivity index (χ1) is 11.7. The minimum absolute atomic E-state index is 0.522. The number of rotatable bonds is 4. The van der Waals surface area contributed by atoms with Crippen LogP contribution >= 0.6 is 0 Å². The van der Waals surface area contributed by atoms with Crippen LogP contribution in [0.5, 0.6) is 0 Å². The van der Waals surface area contributed by atoms with Gasteiger partial charge in [0.1, 0.15) is 0 Å². The zero-order valence-electron chi connectivity index (χ0n) is 13.6. The molecule has 0 saturated heterocycles. The third kappa shape index (κ3) is 5.07. The number of nitrogens with one attached hydrogen (secondary N) is 1. The Balaban J connectivity index is 2.02. The highest BCUT2D eigenvalue weighted by Crippen LogP contribution is 2.32. The zero-order chi connectivity index (χ0) is 18.6. The van der Waals surface area contributed by atoms with Crippen LogP contribution in [-0.4, -0.2) is 18.5 Å². The molecule has 2 aromatic carbocycles. The van der Waals surface area contributed by atoms with Gasteiger partial charge in [-0.2, -0.15) is 13.2 Å². The molecule has 1 amide bonds. The SMILES string of the molecule is Cc1cc(C)cc(NC(=O)COC(=O)c2ccccc2C(F)(F)F)c1. The van der Waals surface area contributed by atoms with Crippen LogP contribution in [0.4, 0.5) is 18.9 Å². The number of ether oxygens (including phenoxy) is 1. The summed E-state index contributed by atoms with van der Waals surface area (Å²) in [4.78, 5) is 23.7. The number of halogens is 3. The van der Waals surface area contributed by atoms with Gasteiger partial charge in [0.15, 0.2) is 6.61 Å². The fraction of sp³-hybridized carbons (Fsp3) is 0.222. The first-order valence-electron chi connectivity index (χ1n) is 7.38. The predicted molar refractivity (Wildman–Crippen MR) is 86.3 cm³/mol. The molecule has 2 aromatic rings. The van der Waals surface area contributed by atoms with Crippen molar-refractivity contribution < 1.29 is 27.5 Å². The second kappa shape index (κ2) is 7.38. The molecule has 0 aliphatic carbocycles. The summed E-state index contributed by atoms with van der Waals surface area (Å²) in [5, 5.41) is 2.54. The van der Waals surface area contributed by atoms with E-state index in [0.29, 0.717) is 5.69 Å². The van der Waals surface area contributed by atoms with Gasteiger partial charge in [-0.15, -0.1) is 0 Å². The van der Waals surface area contributed by atoms with E-state index in [1.54, 1.807) is 12.1 Å². The van der Waals surface area contributed by atoms with E-state index >= 15 is 0 Å². The Morgan fingerprint density at radius 3 is 2.24 bits per heavy atom. The number of aryl methyl sites for hydroxylation is 2. The van der Waals surface area contributed by atoms with Crippen LogP contribution in [0.25, 0.3) is 0 Å². The Hall–Kier alpha value is -2.83. The number of carbonyl (C=O) groups is 2. The predicted octanol–water partition coefficient (Wildman–Crippen LogP) is 4.12. The first-order valence-corrected chi connectivity index (χ1v) is 7.38. The minimum Gasteiger partial charge on any atom is -0.452 e. The molecular formula is C18H16F3NO3. The molecule has 0 aromatic heterocycles. The van der Waals surface area contributed by atoms with Crippen LogP contribution in [-0.2, 0) is 15.7 Å². The third-order valence-corrected chi connectivity index (χ3v) is 3.29. The lowest BCUT2D eigenvalue weighted by Gasteiger charge is -2.12. The molecule has 0 unspecified atom stereocenters. The molecule has 132 valence electrons. The average Bonchev–Trinajstić information content (AvgIpc) is 2.50. The summed E-state index contributed by atoms with van der Waals surface area (Å²) in [6, 6.07) is 9.63. The smallest absolute Gasteiger partial charge is 0.417 e. The van der Waals surface area contributed by atoms with Gasteiger partial charge in [0, 0.05) is 5.69 Å². The van der Waals surface area contributed by atoms with Crippen LogP contribution in [0.2, 0.25) is 0 Å². The molecule has 0 aliphatic rings. The van der Waals surface area contributed by atoms with Crippen LogP contribution in [0.1, 0.15) is 27.0 Å². The highest BCUT2D eigenvalue weighted by molar-refractivity contribution is 5.96. The summed E-state index contributed by atoms with van der Waals surface area (Å²) >= 11 is 0. The van der Waals surface area contributed by atoms with Crippen LogP contribution in [0.15, 0.2) is 42.5 Å². The van der Waals surface area contributed by atoms with Crippen LogP contribution < -0.4 is 5.32 Å². The molecule has 7 heteroatoms. The normalized spacial score (nSPS) is 11.1. The van der Waals surface area contributed by atoms with Crippen molar-refractivity contribution in [2.24, 2.45) is 0 Å². The monoisotopic (exact) mass is 351 g/mol. The molecule has 0 bridgehead atoms. The van der Waals surface area contributed by atoms with E-state index < -0.39 is 35.8 Å². The van der Waals surface area contributed by atoms with E-state index in [4.69, 9.17) is 4.74 Å². The lowest BCUT2D eigenvalue weighted by atomic mass is 10.1. The van der Waals surface area contributed by atoms with E-state index in [-0.39, 0.29) is 0 Å². The van der Waals surface area contributed by atoms with E-state index in [2.05, 4.69) is 5.32 Å². The van der Waals surface area contributed by atoms with Crippen molar-refractivity contribution in [1.82, 2.24) is 0 Å². The molecule has 25 heavy (non-hydrogen) atoms. The Kier molecular flexibility index (Phi) is 5.46. The van der Waals surface area contributed by atoms with Gasteiger partial charge in [-0.25, -0.2) is 4.79 Å². The number of hydrogen-bond donors (Lipinski definition) is 1. The van der Waals surface area contributed by atoms with Gasteiger partial charge in [-0.05, 0) is 49.2 Å². The maximum Gasteiger partial charge on any atom is 0.417 e. The highest BCUT2D eigenvalue weighted by Gasteiger charge is 2.35. The third-order valence-electron chi connectivity index (χ3n) is 3.29. The molecule has 0 atom stereocenters. The second-order valence-corrected chi connectivity index (χ2v) is 5.54. The quantitative estimate of drug-likeness (QED) is 0.843. The summed E-state index contributed by atoms with van der Waals surface area (Å²) in [6.45, 7) is 3.03. The number of amides is 1. The summed E-state index contributed by atoms with van der Waals surface area (Å²) in [6.07, 6.45) is -4.68. The molecule has 0 spiro atoms. The van der Waals surface area contributed by atoms with Gasteiger partial charge in [-0.1, -0.05) is 18.2 Å². The molecule has 0 saturated carbocycles. The molecule has 0 heterocycles. The van der Waals surface area contributed by atoms with Crippen molar-refractivity contribution in [1.29, 1.82) is 0 Å². The maximum atomic E-state index is 12.9. The maximum absolute atomic E-state index is 12.9. The number of benzene rings is 2. The standard InChI is InChI=1S/C18H16F3NO3/c1-11-7-12(2)9-13(8-11)22-16(23)10-25-17(24)14-5-3-4-6-15(14)18(19,20)21/h3-9H,10H2,1-2H3,(H,22,23). The van der Waals surface area contributed by atoms with E-state index in [1.165, 1.54) is 12.1 Å². The summed E-state index contributed by atoms with van der Waals surface area (Å²) in [7, 11) is 0. The average molecular weight is 351 g/mol. The Bertz CT molecular complexity index is 780. The topological polar surface area (TPSA) is 55.4 Å². The number of anilines is 1. The lowest BCUT2D eigenvalue weighted by molar-refractivity contribution is -0.138. The molecule has 2 rings (SSSR count). The van der Waals surface area contributed by atoms with Gasteiger partial charge in [0.25, 0.3) is 5.91 Å². The highest BCUT2D eigenvalue weighted by atomic mass is 19.4. The van der Waals surface area contributed by atoms with Gasteiger partial charge in [-0.3, -0.25) is 4.79 Å². The first kappa shape index (κ1) is 18.5. The van der Waals surface area contributed by atoms with Crippen molar-refractivity contribution in [3.8, 4) is 0 Å². The van der Waals surface area contributed by atoms with Crippen molar-refractivity contribution in [2.75, 3.05) is 11.9 Å². The molecule has 4 nitrogen and oxygen atoms in total. The number of esters is 1. The summed E-state index contributed by atoms with van der Waals surface area (Å²) in [5.74, 6) is -1.84. The van der Waals surface area contributed by atoms with Crippen LogP contribution in [0, 0.1) is 13.8 Å². The zero-order valence-corrected chi connectivity index (χ0v) is 13.6. The Morgan fingerprint density at radius 2 is 1.64 bits per heavy atom. The molecule has 0 fully saturated rings. The largest absolute Gasteiger partial charge is 0.452 e. The second-order valence-electron chi connectivity index (χ2n) is 5.54. The van der Waals surface area contributed by atoms with Gasteiger partial charge >= 0.3 is 12.1 Å². The summed E-state index contributed by atoms with van der Waals surface area (Å²) < 4.78 is 43.4. The summed E-state index contributed by atoms with van der Waals surface area (Å²) in [5.41, 5.74) is 0.663. The van der Waals surface area contributed by atoms with Crippen molar-refractivity contribution >= 4 is 17.6 Å². The molecule has 1 N–H and O–H groups in total. The van der Waals surface area contributed by atoms with Crippen molar-refractivity contribution in [2.45, 2.75) is 20.0 Å². The molecular weight excluding hydrogens is 335 g/mol. The minimum atomic E-state index is -4.68. The van der Waals surface area contributed by atoms with Gasteiger partial charge in [0.2, 0.25) is 0 Å². The van der Waals surface area contributed by atoms with E-state index in [9.17, 15) is 22.8 Å². The Morgan fingerprint density at radius 1 is 1.04 bits per heavy atom. The fourth-order valence-electron chi connectivity index (χ4n) is 2.36. The van der Waals surface area contributed by atoms with E-state index in [0.717, 1.165) is 23.3 Å². The Labute approximate surface area is 142 Å². The van der Waals surface area contributed by atoms with Gasteiger partial charge in [0.05, 0.1) is 11.1 Å². The number of hydrogen-bond acceptors (Lipinski definition) is 3. The molecule has 0 aliphatic heterocycles. The number of alkyl halides is 3. The van der Waals surface area contributed by atoms with Crippen molar-refractivity contribution in [3.05, 3.63) is 64.7 Å².